The Kier molecular flexibility index (Phi) is 3.53. The van der Waals surface area contributed by atoms with Gasteiger partial charge in [-0.1, -0.05) is 35.9 Å². The van der Waals surface area contributed by atoms with E-state index < -0.39 is 0 Å². The number of carbonyl (C=O) groups is 2. The van der Waals surface area contributed by atoms with Gasteiger partial charge in [0.05, 0.1) is 0 Å². The molecule has 1 N–H and O–H groups in total. The van der Waals surface area contributed by atoms with Crippen LogP contribution in [-0.2, 0) is 0 Å². The van der Waals surface area contributed by atoms with Crippen LogP contribution >= 0.6 is 0 Å². The Morgan fingerprint density at radius 1 is 0.778 bits per heavy atom. The largest absolute Gasteiger partial charge is 0.288 e. The van der Waals surface area contributed by atoms with Gasteiger partial charge in [0.15, 0.2) is 0 Å². The molecule has 0 aliphatic heterocycles. The van der Waals surface area contributed by atoms with Crippen molar-refractivity contribution in [1.29, 1.82) is 0 Å². The summed E-state index contributed by atoms with van der Waals surface area (Å²) in [6.07, 6.45) is 0. The normalized spacial score (nSPS) is 9.83. The molecule has 0 spiro atoms. The maximum absolute atomic E-state index is 11.8. The van der Waals surface area contributed by atoms with Crippen LogP contribution in [0.3, 0.4) is 0 Å². The van der Waals surface area contributed by atoms with E-state index in [-0.39, 0.29) is 11.8 Å². The Bertz CT molecular complexity index is 559. The Hall–Kier alpha value is -2.42. The third-order valence-corrected chi connectivity index (χ3v) is 2.58. The lowest BCUT2D eigenvalue weighted by atomic mass is 10.1. The highest BCUT2D eigenvalue weighted by Gasteiger charge is 2.11. The van der Waals surface area contributed by atoms with E-state index in [9.17, 15) is 9.59 Å². The van der Waals surface area contributed by atoms with Gasteiger partial charge < -0.3 is 0 Å². The molecule has 2 amide bonds. The SMILES string of the molecule is Cc1ccc(C(=O)NC(=O)c2ccccc2)cc1. The van der Waals surface area contributed by atoms with Crippen LogP contribution in [-0.4, -0.2) is 11.8 Å². The average Bonchev–Trinajstić information content (AvgIpc) is 2.40. The number of benzene rings is 2. The molecular formula is C15H13NO2. The Balaban J connectivity index is 2.08. The van der Waals surface area contributed by atoms with Crippen molar-refractivity contribution in [2.75, 3.05) is 0 Å². The van der Waals surface area contributed by atoms with Gasteiger partial charge in [0.1, 0.15) is 0 Å². The molecule has 3 heteroatoms. The summed E-state index contributed by atoms with van der Waals surface area (Å²) < 4.78 is 0. The number of amides is 2. The fourth-order valence-electron chi connectivity index (χ4n) is 1.54. The van der Waals surface area contributed by atoms with E-state index in [0.717, 1.165) is 5.56 Å². The van der Waals surface area contributed by atoms with Crippen LogP contribution in [0.15, 0.2) is 54.6 Å². The van der Waals surface area contributed by atoms with Gasteiger partial charge in [-0.05, 0) is 31.2 Å². The predicted octanol–water partition coefficient (Wildman–Crippen LogP) is 2.57. The molecule has 0 atom stereocenters. The summed E-state index contributed by atoms with van der Waals surface area (Å²) in [5.41, 5.74) is 2.02. The lowest BCUT2D eigenvalue weighted by Gasteiger charge is -2.04. The van der Waals surface area contributed by atoms with Crippen LogP contribution in [0.4, 0.5) is 0 Å². The molecule has 0 aliphatic carbocycles. The fourth-order valence-corrected chi connectivity index (χ4v) is 1.54. The van der Waals surface area contributed by atoms with Gasteiger partial charge in [-0.2, -0.15) is 0 Å². The average molecular weight is 239 g/mol. The van der Waals surface area contributed by atoms with E-state index in [2.05, 4.69) is 5.32 Å². The van der Waals surface area contributed by atoms with Crippen LogP contribution in [0.1, 0.15) is 26.3 Å². The van der Waals surface area contributed by atoms with Crippen LogP contribution in [0, 0.1) is 6.92 Å². The third kappa shape index (κ3) is 2.83. The molecule has 0 saturated heterocycles. The monoisotopic (exact) mass is 239 g/mol. The first-order valence-corrected chi connectivity index (χ1v) is 5.64. The summed E-state index contributed by atoms with van der Waals surface area (Å²) >= 11 is 0. The topological polar surface area (TPSA) is 46.2 Å². The number of imide groups is 1. The van der Waals surface area contributed by atoms with Crippen molar-refractivity contribution in [3.8, 4) is 0 Å². The van der Waals surface area contributed by atoms with E-state index in [0.29, 0.717) is 11.1 Å². The molecule has 0 bridgehead atoms. The second kappa shape index (κ2) is 5.27. The summed E-state index contributed by atoms with van der Waals surface area (Å²) in [6.45, 7) is 1.94. The molecule has 0 aromatic heterocycles. The van der Waals surface area contributed by atoms with Crippen LogP contribution < -0.4 is 5.32 Å². The fraction of sp³-hybridized carbons (Fsp3) is 0.0667. The molecule has 90 valence electrons. The van der Waals surface area contributed by atoms with Gasteiger partial charge in [0, 0.05) is 11.1 Å². The molecular weight excluding hydrogens is 226 g/mol. The summed E-state index contributed by atoms with van der Waals surface area (Å²) in [7, 11) is 0. The maximum Gasteiger partial charge on any atom is 0.258 e. The second-order valence-electron chi connectivity index (χ2n) is 4.02. The molecule has 0 radical (unpaired) electrons. The van der Waals surface area contributed by atoms with Gasteiger partial charge in [-0.3, -0.25) is 14.9 Å². The molecule has 0 heterocycles. The lowest BCUT2D eigenvalue weighted by Crippen LogP contribution is -2.30. The van der Waals surface area contributed by atoms with Crippen LogP contribution in [0.5, 0.6) is 0 Å². The maximum atomic E-state index is 11.8. The van der Waals surface area contributed by atoms with Crippen LogP contribution in [0.2, 0.25) is 0 Å². The van der Waals surface area contributed by atoms with Gasteiger partial charge in [0.2, 0.25) is 0 Å². The predicted molar refractivity (Wildman–Crippen MR) is 69.4 cm³/mol. The summed E-state index contributed by atoms with van der Waals surface area (Å²) in [4.78, 5) is 23.6. The molecule has 0 unspecified atom stereocenters. The highest BCUT2D eigenvalue weighted by molar-refractivity contribution is 6.10. The van der Waals surface area contributed by atoms with Crippen molar-refractivity contribution in [2.24, 2.45) is 0 Å². The van der Waals surface area contributed by atoms with E-state index in [1.54, 1.807) is 36.4 Å². The first-order valence-electron chi connectivity index (χ1n) is 5.64. The number of rotatable bonds is 2. The number of carbonyl (C=O) groups excluding carboxylic acids is 2. The van der Waals surface area contributed by atoms with Crippen molar-refractivity contribution in [2.45, 2.75) is 6.92 Å². The molecule has 0 saturated carbocycles. The Morgan fingerprint density at radius 3 is 1.83 bits per heavy atom. The Labute approximate surface area is 105 Å². The smallest absolute Gasteiger partial charge is 0.258 e. The zero-order valence-electron chi connectivity index (χ0n) is 10.0. The van der Waals surface area contributed by atoms with Gasteiger partial charge in [-0.15, -0.1) is 0 Å². The van der Waals surface area contributed by atoms with Crippen molar-refractivity contribution >= 4 is 11.8 Å². The minimum Gasteiger partial charge on any atom is -0.288 e. The molecule has 0 fully saturated rings. The zero-order valence-corrected chi connectivity index (χ0v) is 10.0. The number of hydrogen-bond donors (Lipinski definition) is 1. The van der Waals surface area contributed by atoms with E-state index in [1.165, 1.54) is 0 Å². The Morgan fingerprint density at radius 2 is 1.28 bits per heavy atom. The van der Waals surface area contributed by atoms with E-state index >= 15 is 0 Å². The summed E-state index contributed by atoms with van der Waals surface area (Å²) in [6, 6.07) is 15.7. The minimum absolute atomic E-state index is 0.385. The zero-order chi connectivity index (χ0) is 13.0. The highest BCUT2D eigenvalue weighted by atomic mass is 16.2. The molecule has 18 heavy (non-hydrogen) atoms. The third-order valence-electron chi connectivity index (χ3n) is 2.58. The molecule has 2 aromatic carbocycles. The molecule has 2 rings (SSSR count). The second-order valence-corrected chi connectivity index (χ2v) is 4.02. The van der Waals surface area contributed by atoms with E-state index in [1.807, 2.05) is 25.1 Å². The van der Waals surface area contributed by atoms with Gasteiger partial charge in [0.25, 0.3) is 11.8 Å². The highest BCUT2D eigenvalue weighted by Crippen LogP contribution is 2.04. The first kappa shape index (κ1) is 12.0. The number of nitrogens with one attached hydrogen (secondary N) is 1. The lowest BCUT2D eigenvalue weighted by molar-refractivity contribution is 0.0849. The standard InChI is InChI=1S/C15H13NO2/c1-11-7-9-13(10-8-11)15(18)16-14(17)12-5-3-2-4-6-12/h2-10H,1H3,(H,16,17,18). The number of aryl methyl sites for hydroxylation is 1. The van der Waals surface area contributed by atoms with Crippen molar-refractivity contribution in [3.63, 3.8) is 0 Å². The number of hydrogen-bond acceptors (Lipinski definition) is 2. The van der Waals surface area contributed by atoms with Gasteiger partial charge >= 0.3 is 0 Å². The molecule has 0 aliphatic rings. The molecule has 3 nitrogen and oxygen atoms in total. The summed E-state index contributed by atoms with van der Waals surface area (Å²) in [5, 5.41) is 2.35. The van der Waals surface area contributed by atoms with Crippen molar-refractivity contribution in [1.82, 2.24) is 5.32 Å². The summed E-state index contributed by atoms with van der Waals surface area (Å²) in [5.74, 6) is -0.773. The van der Waals surface area contributed by atoms with Gasteiger partial charge in [-0.25, -0.2) is 0 Å². The van der Waals surface area contributed by atoms with Crippen molar-refractivity contribution in [3.05, 3.63) is 71.3 Å². The van der Waals surface area contributed by atoms with Crippen molar-refractivity contribution < 1.29 is 9.59 Å². The first-order chi connectivity index (χ1) is 8.66. The molecule has 2 aromatic rings. The minimum atomic E-state index is -0.388. The van der Waals surface area contributed by atoms with E-state index in [4.69, 9.17) is 0 Å². The quantitative estimate of drug-likeness (QED) is 0.819. The van der Waals surface area contributed by atoms with Crippen LogP contribution in [0.25, 0.3) is 0 Å².